The predicted molar refractivity (Wildman–Crippen MR) is 55.6 cm³/mol. The van der Waals surface area contributed by atoms with E-state index in [0.717, 1.165) is 25.9 Å². The van der Waals surface area contributed by atoms with Gasteiger partial charge in [0, 0.05) is 12.6 Å². The van der Waals surface area contributed by atoms with Crippen LogP contribution in [0.5, 0.6) is 0 Å². The highest BCUT2D eigenvalue weighted by Gasteiger charge is 2.27. The Hall–Kier alpha value is -0.340. The number of piperidine rings is 1. The lowest BCUT2D eigenvalue weighted by Crippen LogP contribution is -2.46. The third kappa shape index (κ3) is 2.82. The Bertz CT molecular complexity index is 167. The summed E-state index contributed by atoms with van der Waals surface area (Å²) >= 11 is 0. The Balaban J connectivity index is 2.41. The number of likely N-dealkylation sites (tertiary alicyclic amines) is 1. The van der Waals surface area contributed by atoms with Gasteiger partial charge in [-0.2, -0.15) is 0 Å². The summed E-state index contributed by atoms with van der Waals surface area (Å²) in [5.74, 6) is 0.437. The zero-order valence-corrected chi connectivity index (χ0v) is 8.74. The van der Waals surface area contributed by atoms with Crippen molar-refractivity contribution >= 4 is 0 Å². The number of β-amino-alcohol motifs (C(OH)–C–C–N with tert-alkyl or cyclic N) is 1. The van der Waals surface area contributed by atoms with Crippen molar-refractivity contribution in [2.45, 2.75) is 38.8 Å². The summed E-state index contributed by atoms with van der Waals surface area (Å²) in [5.41, 5.74) is 0. The second kappa shape index (κ2) is 4.77. The van der Waals surface area contributed by atoms with Crippen molar-refractivity contribution in [3.63, 3.8) is 0 Å². The van der Waals surface area contributed by atoms with Crippen LogP contribution in [0.25, 0.3) is 0 Å². The summed E-state index contributed by atoms with van der Waals surface area (Å²) in [6, 6.07) is 0.555. The van der Waals surface area contributed by atoms with E-state index >= 15 is 0 Å². The van der Waals surface area contributed by atoms with Crippen LogP contribution < -0.4 is 0 Å². The van der Waals surface area contributed by atoms with E-state index in [1.54, 1.807) is 0 Å². The molecule has 0 amide bonds. The van der Waals surface area contributed by atoms with Crippen molar-refractivity contribution in [1.82, 2.24) is 4.90 Å². The van der Waals surface area contributed by atoms with Crippen LogP contribution in [0, 0.1) is 5.92 Å². The van der Waals surface area contributed by atoms with E-state index in [0.29, 0.717) is 12.0 Å². The summed E-state index contributed by atoms with van der Waals surface area (Å²) < 4.78 is 0. The predicted octanol–water partition coefficient (Wildman–Crippen LogP) is 1.65. The molecule has 13 heavy (non-hydrogen) atoms. The van der Waals surface area contributed by atoms with Crippen molar-refractivity contribution in [1.29, 1.82) is 0 Å². The van der Waals surface area contributed by atoms with Crippen molar-refractivity contribution < 1.29 is 5.11 Å². The number of nitrogens with zero attached hydrogens (tertiary/aromatic N) is 1. The van der Waals surface area contributed by atoms with Crippen molar-refractivity contribution in [2.24, 2.45) is 5.92 Å². The van der Waals surface area contributed by atoms with E-state index in [-0.39, 0.29) is 6.10 Å². The fraction of sp³-hybridized carbons (Fsp3) is 0.818. The zero-order chi connectivity index (χ0) is 9.84. The highest BCUT2D eigenvalue weighted by Crippen LogP contribution is 2.22. The van der Waals surface area contributed by atoms with Crippen molar-refractivity contribution in [3.8, 4) is 0 Å². The van der Waals surface area contributed by atoms with Gasteiger partial charge in [0.2, 0.25) is 0 Å². The molecule has 2 nitrogen and oxygen atoms in total. The maximum atomic E-state index is 9.83. The normalized spacial score (nSPS) is 30.8. The van der Waals surface area contributed by atoms with Gasteiger partial charge < -0.3 is 5.11 Å². The lowest BCUT2D eigenvalue weighted by molar-refractivity contribution is 0.0107. The van der Waals surface area contributed by atoms with Gasteiger partial charge in [-0.15, -0.1) is 6.58 Å². The van der Waals surface area contributed by atoms with Crippen LogP contribution in [-0.2, 0) is 0 Å². The molecule has 76 valence electrons. The number of hydrogen-bond donors (Lipinski definition) is 1. The van der Waals surface area contributed by atoms with E-state index in [2.05, 4.69) is 25.3 Å². The summed E-state index contributed by atoms with van der Waals surface area (Å²) in [6.07, 6.45) is 3.81. The molecule has 1 saturated heterocycles. The number of hydrogen-bond acceptors (Lipinski definition) is 2. The lowest BCUT2D eigenvalue weighted by Gasteiger charge is -2.37. The van der Waals surface area contributed by atoms with Gasteiger partial charge in [-0.05, 0) is 39.2 Å². The minimum Gasteiger partial charge on any atom is -0.391 e. The molecule has 0 aliphatic carbocycles. The van der Waals surface area contributed by atoms with Crippen LogP contribution >= 0.6 is 0 Å². The average molecular weight is 183 g/mol. The van der Waals surface area contributed by atoms with Gasteiger partial charge in [0.05, 0.1) is 6.10 Å². The van der Waals surface area contributed by atoms with E-state index < -0.39 is 0 Å². The maximum absolute atomic E-state index is 9.83. The Morgan fingerprint density at radius 2 is 2.31 bits per heavy atom. The summed E-state index contributed by atoms with van der Waals surface area (Å²) in [5, 5.41) is 9.83. The molecule has 1 rings (SSSR count). The van der Waals surface area contributed by atoms with Gasteiger partial charge in [0.15, 0.2) is 0 Å². The monoisotopic (exact) mass is 183 g/mol. The minimum absolute atomic E-state index is 0.158. The standard InChI is InChI=1S/C11H21NO/c1-4-5-10-6-7-12(9(2)3)8-11(10)13/h4,9-11,13H,1,5-8H2,2-3H3. The Labute approximate surface area is 81.2 Å². The first kappa shape index (κ1) is 10.7. The van der Waals surface area contributed by atoms with Gasteiger partial charge >= 0.3 is 0 Å². The Morgan fingerprint density at radius 3 is 2.77 bits per heavy atom. The van der Waals surface area contributed by atoms with Crippen molar-refractivity contribution in [2.75, 3.05) is 13.1 Å². The highest BCUT2D eigenvalue weighted by molar-refractivity contribution is 4.85. The molecule has 2 atom stereocenters. The Morgan fingerprint density at radius 1 is 1.62 bits per heavy atom. The van der Waals surface area contributed by atoms with E-state index in [9.17, 15) is 5.11 Å². The zero-order valence-electron chi connectivity index (χ0n) is 8.74. The first-order valence-electron chi connectivity index (χ1n) is 5.18. The molecule has 0 saturated carbocycles. The fourth-order valence-electron chi connectivity index (χ4n) is 1.96. The van der Waals surface area contributed by atoms with E-state index in [1.165, 1.54) is 0 Å². The van der Waals surface area contributed by atoms with E-state index in [1.807, 2.05) is 6.08 Å². The smallest absolute Gasteiger partial charge is 0.0698 e. The van der Waals surface area contributed by atoms with Gasteiger partial charge in [0.1, 0.15) is 0 Å². The molecule has 1 aliphatic rings. The molecule has 0 aromatic rings. The van der Waals surface area contributed by atoms with Crippen molar-refractivity contribution in [3.05, 3.63) is 12.7 Å². The molecule has 0 bridgehead atoms. The molecule has 1 aliphatic heterocycles. The topological polar surface area (TPSA) is 23.5 Å². The molecule has 1 fully saturated rings. The van der Waals surface area contributed by atoms with Gasteiger partial charge in [-0.3, -0.25) is 4.90 Å². The first-order valence-corrected chi connectivity index (χ1v) is 5.18. The summed E-state index contributed by atoms with van der Waals surface area (Å²) in [4.78, 5) is 2.34. The quantitative estimate of drug-likeness (QED) is 0.673. The minimum atomic E-state index is -0.158. The third-order valence-electron chi connectivity index (χ3n) is 2.95. The summed E-state index contributed by atoms with van der Waals surface area (Å²) in [7, 11) is 0. The fourth-order valence-corrected chi connectivity index (χ4v) is 1.96. The molecule has 0 aromatic heterocycles. The molecule has 2 heteroatoms. The first-order chi connectivity index (χ1) is 6.15. The molecular weight excluding hydrogens is 162 g/mol. The SMILES string of the molecule is C=CCC1CCN(C(C)C)CC1O. The molecule has 1 heterocycles. The molecule has 1 N–H and O–H groups in total. The number of aliphatic hydroxyl groups excluding tert-OH is 1. The molecular formula is C11H21NO. The number of rotatable bonds is 3. The highest BCUT2D eigenvalue weighted by atomic mass is 16.3. The van der Waals surface area contributed by atoms with E-state index in [4.69, 9.17) is 0 Å². The largest absolute Gasteiger partial charge is 0.391 e. The number of aliphatic hydroxyl groups is 1. The van der Waals surface area contributed by atoms with Crippen LogP contribution in [0.15, 0.2) is 12.7 Å². The molecule has 0 radical (unpaired) electrons. The molecule has 2 unspecified atom stereocenters. The maximum Gasteiger partial charge on any atom is 0.0698 e. The van der Waals surface area contributed by atoms with Crippen LogP contribution in [0.4, 0.5) is 0 Å². The van der Waals surface area contributed by atoms with Crippen LogP contribution in [0.2, 0.25) is 0 Å². The molecule has 0 spiro atoms. The lowest BCUT2D eigenvalue weighted by atomic mass is 9.90. The van der Waals surface area contributed by atoms with Crippen LogP contribution in [0.1, 0.15) is 26.7 Å². The average Bonchev–Trinajstić information content (AvgIpc) is 2.08. The Kier molecular flexibility index (Phi) is 3.94. The van der Waals surface area contributed by atoms with Gasteiger partial charge in [0.25, 0.3) is 0 Å². The second-order valence-electron chi connectivity index (χ2n) is 4.23. The second-order valence-corrected chi connectivity index (χ2v) is 4.23. The number of allylic oxidation sites excluding steroid dienone is 1. The van der Waals surface area contributed by atoms with Gasteiger partial charge in [-0.25, -0.2) is 0 Å². The van der Waals surface area contributed by atoms with Crippen LogP contribution in [-0.4, -0.2) is 35.2 Å². The van der Waals surface area contributed by atoms with Gasteiger partial charge in [-0.1, -0.05) is 6.08 Å². The third-order valence-corrected chi connectivity index (χ3v) is 2.95. The summed E-state index contributed by atoms with van der Waals surface area (Å²) in [6.45, 7) is 10.0. The van der Waals surface area contributed by atoms with Crippen LogP contribution in [0.3, 0.4) is 0 Å². The molecule has 0 aromatic carbocycles.